The fourth-order valence-corrected chi connectivity index (χ4v) is 4.51. The van der Waals surface area contributed by atoms with Crippen LogP contribution in [0.15, 0.2) is 89.9 Å². The highest BCUT2D eigenvalue weighted by atomic mass is 19.2. The molecule has 2 heterocycles. The minimum atomic E-state index is -1.58. The lowest BCUT2D eigenvalue weighted by Crippen LogP contribution is -2.26. The molecule has 4 aromatic rings. The predicted octanol–water partition coefficient (Wildman–Crippen LogP) is 6.48. The zero-order valence-corrected chi connectivity index (χ0v) is 21.2. The second-order valence-electron chi connectivity index (χ2n) is 9.32. The molecule has 1 aromatic heterocycles. The van der Waals surface area contributed by atoms with Crippen molar-refractivity contribution in [1.29, 1.82) is 0 Å². The first kappa shape index (κ1) is 26.6. The fraction of sp³-hybridized carbons (Fsp3) is 0.0938. The molecule has 3 aromatic carbocycles. The zero-order valence-electron chi connectivity index (χ0n) is 21.2. The standard InChI is InChI=1S/C32H23F3N2O3/c33-26-16-22(17-27(34)30(26)35)19-37-14-6-10-24(32(37)40)29(38)11-5-4-9-21-12-13-23-25(31(39)36-28(23)18-21)15-20-7-2-1-3-8-20/h1-4,6-10,12-18H,5,11,19H2,(H,36,39)/b9-4+,25-15+. The molecule has 0 saturated carbocycles. The van der Waals surface area contributed by atoms with E-state index in [2.05, 4.69) is 5.32 Å². The number of halogens is 3. The summed E-state index contributed by atoms with van der Waals surface area (Å²) in [4.78, 5) is 38.0. The molecule has 40 heavy (non-hydrogen) atoms. The van der Waals surface area contributed by atoms with Gasteiger partial charge < -0.3 is 9.88 Å². The average Bonchev–Trinajstić information content (AvgIpc) is 3.25. The zero-order chi connectivity index (χ0) is 28.2. The molecule has 0 atom stereocenters. The number of carbonyl (C=O) groups is 2. The minimum absolute atomic E-state index is 0.0445. The highest BCUT2D eigenvalue weighted by Gasteiger charge is 2.24. The second kappa shape index (κ2) is 11.4. The summed E-state index contributed by atoms with van der Waals surface area (Å²) in [6.07, 6.45) is 7.31. The van der Waals surface area contributed by atoms with Gasteiger partial charge in [-0.3, -0.25) is 14.4 Å². The van der Waals surface area contributed by atoms with Crippen molar-refractivity contribution in [2.24, 2.45) is 0 Å². The van der Waals surface area contributed by atoms with Crippen LogP contribution >= 0.6 is 0 Å². The monoisotopic (exact) mass is 540 g/mol. The summed E-state index contributed by atoms with van der Waals surface area (Å²) in [6.45, 7) is -0.217. The van der Waals surface area contributed by atoms with Crippen molar-refractivity contribution >= 4 is 35.1 Å². The summed E-state index contributed by atoms with van der Waals surface area (Å²) < 4.78 is 41.5. The number of rotatable bonds is 8. The molecule has 8 heteroatoms. The Labute approximate surface area is 227 Å². The van der Waals surface area contributed by atoms with Gasteiger partial charge in [0.05, 0.1) is 12.1 Å². The van der Waals surface area contributed by atoms with E-state index in [1.165, 1.54) is 18.3 Å². The van der Waals surface area contributed by atoms with Gasteiger partial charge in [-0.1, -0.05) is 54.6 Å². The summed E-state index contributed by atoms with van der Waals surface area (Å²) in [5, 5.41) is 2.88. The summed E-state index contributed by atoms with van der Waals surface area (Å²) in [6, 6.07) is 19.7. The highest BCUT2D eigenvalue weighted by Crippen LogP contribution is 2.34. The number of hydrogen-bond acceptors (Lipinski definition) is 3. The van der Waals surface area contributed by atoms with E-state index in [1.807, 2.05) is 66.8 Å². The van der Waals surface area contributed by atoms with Crippen molar-refractivity contribution in [1.82, 2.24) is 4.57 Å². The van der Waals surface area contributed by atoms with Crippen LogP contribution in [0.4, 0.5) is 18.9 Å². The number of carbonyl (C=O) groups excluding carboxylic acids is 2. The number of fused-ring (bicyclic) bond motifs is 1. The van der Waals surface area contributed by atoms with Crippen LogP contribution in [-0.4, -0.2) is 16.3 Å². The van der Waals surface area contributed by atoms with Gasteiger partial charge in [0.1, 0.15) is 0 Å². The van der Waals surface area contributed by atoms with E-state index in [-0.39, 0.29) is 35.8 Å². The Hall–Kier alpha value is -4.98. The van der Waals surface area contributed by atoms with Crippen LogP contribution in [0.1, 0.15) is 45.5 Å². The number of anilines is 1. The van der Waals surface area contributed by atoms with E-state index in [9.17, 15) is 27.6 Å². The largest absolute Gasteiger partial charge is 0.321 e. The molecule has 0 unspecified atom stereocenters. The molecule has 0 saturated heterocycles. The van der Waals surface area contributed by atoms with Gasteiger partial charge in [-0.05, 0) is 59.5 Å². The molecule has 0 radical (unpaired) electrons. The number of aromatic nitrogens is 1. The number of nitrogens with zero attached hydrogens (tertiary/aromatic N) is 1. The second-order valence-corrected chi connectivity index (χ2v) is 9.32. The molecule has 5 nitrogen and oxygen atoms in total. The quantitative estimate of drug-likeness (QED) is 0.158. The number of amides is 1. The third-order valence-electron chi connectivity index (χ3n) is 6.50. The number of nitrogens with one attached hydrogen (secondary N) is 1. The van der Waals surface area contributed by atoms with Crippen LogP contribution in [0.3, 0.4) is 0 Å². The van der Waals surface area contributed by atoms with Crippen molar-refractivity contribution in [3.63, 3.8) is 0 Å². The first-order valence-corrected chi connectivity index (χ1v) is 12.6. The fourth-order valence-electron chi connectivity index (χ4n) is 4.51. The molecule has 1 N–H and O–H groups in total. The molecule has 200 valence electrons. The molecule has 0 fully saturated rings. The normalized spacial score (nSPS) is 13.6. The summed E-state index contributed by atoms with van der Waals surface area (Å²) in [5.41, 5.74) is 3.28. The van der Waals surface area contributed by atoms with Crippen molar-refractivity contribution < 1.29 is 22.8 Å². The average molecular weight is 541 g/mol. The van der Waals surface area contributed by atoms with Crippen LogP contribution < -0.4 is 10.9 Å². The lowest BCUT2D eigenvalue weighted by atomic mass is 10.0. The lowest BCUT2D eigenvalue weighted by Gasteiger charge is -2.08. The van der Waals surface area contributed by atoms with Gasteiger partial charge in [-0.2, -0.15) is 0 Å². The Morgan fingerprint density at radius 2 is 1.62 bits per heavy atom. The Kier molecular flexibility index (Phi) is 7.59. The molecule has 0 spiro atoms. The molecule has 1 amide bonds. The molecule has 0 bridgehead atoms. The summed E-state index contributed by atoms with van der Waals surface area (Å²) >= 11 is 0. The maximum atomic E-state index is 13.5. The van der Waals surface area contributed by atoms with Crippen LogP contribution in [0.2, 0.25) is 0 Å². The number of ketones is 1. The number of Topliss-reactive ketones (excluding diaryl/α,β-unsaturated/α-hetero) is 1. The molecule has 1 aliphatic rings. The summed E-state index contributed by atoms with van der Waals surface area (Å²) in [5.74, 6) is -4.83. The minimum Gasteiger partial charge on any atom is -0.321 e. The number of hydrogen-bond donors (Lipinski definition) is 1. The van der Waals surface area contributed by atoms with Gasteiger partial charge in [0.15, 0.2) is 23.2 Å². The molecule has 1 aliphatic heterocycles. The topological polar surface area (TPSA) is 68.2 Å². The van der Waals surface area contributed by atoms with Crippen molar-refractivity contribution in [3.05, 3.63) is 141 Å². The highest BCUT2D eigenvalue weighted by molar-refractivity contribution is 6.35. The van der Waals surface area contributed by atoms with Crippen molar-refractivity contribution in [3.8, 4) is 0 Å². The van der Waals surface area contributed by atoms with Crippen molar-refractivity contribution in [2.45, 2.75) is 19.4 Å². The van der Waals surface area contributed by atoms with Gasteiger partial charge in [0.25, 0.3) is 11.5 Å². The maximum absolute atomic E-state index is 13.5. The van der Waals surface area contributed by atoms with Gasteiger partial charge in [-0.15, -0.1) is 0 Å². The van der Waals surface area contributed by atoms with Crippen LogP contribution in [0, 0.1) is 17.5 Å². The van der Waals surface area contributed by atoms with Gasteiger partial charge in [-0.25, -0.2) is 13.2 Å². The van der Waals surface area contributed by atoms with E-state index >= 15 is 0 Å². The first-order chi connectivity index (χ1) is 19.3. The van der Waals surface area contributed by atoms with E-state index in [0.29, 0.717) is 17.7 Å². The van der Waals surface area contributed by atoms with Gasteiger partial charge in [0, 0.05) is 29.4 Å². The Morgan fingerprint density at radius 1 is 0.875 bits per heavy atom. The maximum Gasteiger partial charge on any atom is 0.261 e. The number of allylic oxidation sites excluding steroid dienone is 1. The van der Waals surface area contributed by atoms with E-state index in [0.717, 1.165) is 33.4 Å². The first-order valence-electron chi connectivity index (χ1n) is 12.6. The third-order valence-corrected chi connectivity index (χ3v) is 6.50. The Morgan fingerprint density at radius 3 is 2.38 bits per heavy atom. The predicted molar refractivity (Wildman–Crippen MR) is 148 cm³/mol. The summed E-state index contributed by atoms with van der Waals surface area (Å²) in [7, 11) is 0. The van der Waals surface area contributed by atoms with E-state index in [4.69, 9.17) is 0 Å². The molecular formula is C32H23F3N2O3. The Balaban J connectivity index is 1.23. The molecule has 0 aliphatic carbocycles. The molecule has 5 rings (SSSR count). The van der Waals surface area contributed by atoms with Gasteiger partial charge >= 0.3 is 0 Å². The number of pyridine rings is 1. The molecular weight excluding hydrogens is 517 g/mol. The van der Waals surface area contributed by atoms with Crippen LogP contribution in [-0.2, 0) is 11.3 Å². The smallest absolute Gasteiger partial charge is 0.261 e. The van der Waals surface area contributed by atoms with Crippen LogP contribution in [0.5, 0.6) is 0 Å². The van der Waals surface area contributed by atoms with Crippen LogP contribution in [0.25, 0.3) is 17.7 Å². The van der Waals surface area contributed by atoms with E-state index in [1.54, 1.807) is 0 Å². The Bertz CT molecular complexity index is 1720. The SMILES string of the molecule is O=C1Nc2cc(/C=C/CCC(=O)c3cccn(Cc4cc(F)c(F)c(F)c4)c3=O)ccc2/C1=C\c1ccccc1. The van der Waals surface area contributed by atoms with E-state index < -0.39 is 23.0 Å². The van der Waals surface area contributed by atoms with Crippen molar-refractivity contribution in [2.75, 3.05) is 5.32 Å². The lowest BCUT2D eigenvalue weighted by molar-refractivity contribution is -0.110. The van der Waals surface area contributed by atoms with Gasteiger partial charge in [0.2, 0.25) is 0 Å². The third kappa shape index (κ3) is 5.71. The number of benzene rings is 3.